The van der Waals surface area contributed by atoms with Crippen molar-refractivity contribution in [3.05, 3.63) is 29.0 Å². The molecule has 1 heterocycles. The Morgan fingerprint density at radius 1 is 1.53 bits per heavy atom. The van der Waals surface area contributed by atoms with Gasteiger partial charge in [0, 0.05) is 13.2 Å². The lowest BCUT2D eigenvalue weighted by atomic mass is 10.2. The molecule has 0 bridgehead atoms. The zero-order valence-corrected chi connectivity index (χ0v) is 11.3. The second kappa shape index (κ2) is 5.36. The molecule has 0 N–H and O–H groups in total. The van der Waals surface area contributed by atoms with Crippen LogP contribution in [-0.2, 0) is 11.3 Å². The van der Waals surface area contributed by atoms with Crippen LogP contribution in [0.2, 0.25) is 5.02 Å². The molecule has 4 nitrogen and oxygen atoms in total. The molecule has 0 aliphatic rings. The zero-order valence-electron chi connectivity index (χ0n) is 10.5. The standard InChI is InChI=1S/C12H17ClN2O2/c1-12(2,3)17-11(16)15(4)8-10-9(13)6-5-7-14-10/h5-7H,8H2,1-4H3. The van der Waals surface area contributed by atoms with E-state index in [4.69, 9.17) is 16.3 Å². The largest absolute Gasteiger partial charge is 0.444 e. The molecular formula is C12H17ClN2O2. The first kappa shape index (κ1) is 13.8. The number of carbonyl (C=O) groups excluding carboxylic acids is 1. The lowest BCUT2D eigenvalue weighted by Crippen LogP contribution is -2.34. The summed E-state index contributed by atoms with van der Waals surface area (Å²) in [5, 5.41) is 0.544. The fourth-order valence-electron chi connectivity index (χ4n) is 1.16. The van der Waals surface area contributed by atoms with E-state index in [-0.39, 0.29) is 6.09 Å². The third kappa shape index (κ3) is 4.61. The summed E-state index contributed by atoms with van der Waals surface area (Å²) in [6.45, 7) is 5.81. The van der Waals surface area contributed by atoms with E-state index in [2.05, 4.69) is 4.98 Å². The zero-order chi connectivity index (χ0) is 13.1. The summed E-state index contributed by atoms with van der Waals surface area (Å²) < 4.78 is 5.23. The third-order valence-electron chi connectivity index (χ3n) is 1.93. The van der Waals surface area contributed by atoms with Crippen LogP contribution in [0.3, 0.4) is 0 Å². The number of carbonyl (C=O) groups is 1. The van der Waals surface area contributed by atoms with E-state index in [0.717, 1.165) is 0 Å². The van der Waals surface area contributed by atoms with Crippen molar-refractivity contribution in [2.75, 3.05) is 7.05 Å². The van der Waals surface area contributed by atoms with Gasteiger partial charge in [-0.3, -0.25) is 4.98 Å². The highest BCUT2D eigenvalue weighted by Crippen LogP contribution is 2.15. The topological polar surface area (TPSA) is 42.4 Å². The summed E-state index contributed by atoms with van der Waals surface area (Å²) in [6, 6.07) is 3.49. The molecule has 0 aliphatic heterocycles. The van der Waals surface area contributed by atoms with Gasteiger partial charge in [0.2, 0.25) is 0 Å². The van der Waals surface area contributed by atoms with Crippen molar-refractivity contribution in [3.63, 3.8) is 0 Å². The molecule has 1 aromatic rings. The Hall–Kier alpha value is -1.29. The van der Waals surface area contributed by atoms with Gasteiger partial charge in [0.05, 0.1) is 17.3 Å². The smallest absolute Gasteiger partial charge is 0.410 e. The molecule has 0 aromatic carbocycles. The third-order valence-corrected chi connectivity index (χ3v) is 2.27. The van der Waals surface area contributed by atoms with E-state index in [0.29, 0.717) is 17.3 Å². The average Bonchev–Trinajstić information content (AvgIpc) is 2.18. The molecule has 94 valence electrons. The minimum absolute atomic E-state index is 0.328. The number of hydrogen-bond acceptors (Lipinski definition) is 3. The van der Waals surface area contributed by atoms with Crippen molar-refractivity contribution in [1.82, 2.24) is 9.88 Å². The molecule has 0 saturated heterocycles. The quantitative estimate of drug-likeness (QED) is 0.817. The van der Waals surface area contributed by atoms with Crippen molar-refractivity contribution in [2.24, 2.45) is 0 Å². The number of rotatable bonds is 2. The Morgan fingerprint density at radius 2 is 2.18 bits per heavy atom. The molecule has 17 heavy (non-hydrogen) atoms. The predicted octanol–water partition coefficient (Wildman–Crippen LogP) is 3.10. The molecule has 5 heteroatoms. The Balaban J connectivity index is 2.64. The minimum Gasteiger partial charge on any atom is -0.444 e. The number of hydrogen-bond donors (Lipinski definition) is 0. The van der Waals surface area contributed by atoms with Crippen LogP contribution in [-0.4, -0.2) is 28.6 Å². The summed E-state index contributed by atoms with van der Waals surface area (Å²) in [6.07, 6.45) is 1.25. The van der Waals surface area contributed by atoms with E-state index in [1.807, 2.05) is 20.8 Å². The maximum absolute atomic E-state index is 11.7. The summed E-state index contributed by atoms with van der Waals surface area (Å²) in [7, 11) is 1.65. The Kier molecular flexibility index (Phi) is 4.34. The molecule has 1 aromatic heterocycles. The van der Waals surface area contributed by atoms with Gasteiger partial charge in [-0.15, -0.1) is 0 Å². The maximum atomic E-state index is 11.7. The normalized spacial score (nSPS) is 11.1. The van der Waals surface area contributed by atoms with Crippen molar-refractivity contribution in [1.29, 1.82) is 0 Å². The van der Waals surface area contributed by atoms with Gasteiger partial charge >= 0.3 is 6.09 Å². The van der Waals surface area contributed by atoms with Gasteiger partial charge in [0.1, 0.15) is 5.60 Å². The van der Waals surface area contributed by atoms with Crippen LogP contribution in [0.15, 0.2) is 18.3 Å². The Labute approximate surface area is 107 Å². The van der Waals surface area contributed by atoms with E-state index < -0.39 is 5.60 Å². The highest BCUT2D eigenvalue weighted by Gasteiger charge is 2.20. The fraction of sp³-hybridized carbons (Fsp3) is 0.500. The van der Waals surface area contributed by atoms with Gasteiger partial charge in [0.15, 0.2) is 0 Å². The lowest BCUT2D eigenvalue weighted by Gasteiger charge is -2.24. The summed E-state index contributed by atoms with van der Waals surface area (Å²) >= 11 is 5.96. The Morgan fingerprint density at radius 3 is 2.71 bits per heavy atom. The lowest BCUT2D eigenvalue weighted by molar-refractivity contribution is 0.0283. The van der Waals surface area contributed by atoms with Gasteiger partial charge < -0.3 is 9.64 Å². The van der Waals surface area contributed by atoms with Crippen molar-refractivity contribution in [2.45, 2.75) is 32.9 Å². The molecule has 0 unspecified atom stereocenters. The monoisotopic (exact) mass is 256 g/mol. The van der Waals surface area contributed by atoms with Crippen LogP contribution < -0.4 is 0 Å². The first-order chi connectivity index (χ1) is 7.79. The number of halogens is 1. The van der Waals surface area contributed by atoms with Crippen LogP contribution in [0.5, 0.6) is 0 Å². The van der Waals surface area contributed by atoms with E-state index >= 15 is 0 Å². The van der Waals surface area contributed by atoms with Crippen molar-refractivity contribution < 1.29 is 9.53 Å². The highest BCUT2D eigenvalue weighted by molar-refractivity contribution is 6.31. The molecule has 0 aliphatic carbocycles. The van der Waals surface area contributed by atoms with Gasteiger partial charge in [-0.05, 0) is 32.9 Å². The first-order valence-electron chi connectivity index (χ1n) is 5.33. The van der Waals surface area contributed by atoms with Crippen LogP contribution in [0, 0.1) is 0 Å². The number of aromatic nitrogens is 1. The number of ether oxygens (including phenoxy) is 1. The molecule has 0 fully saturated rings. The Bertz CT molecular complexity index is 402. The van der Waals surface area contributed by atoms with Crippen LogP contribution in [0.1, 0.15) is 26.5 Å². The summed E-state index contributed by atoms with van der Waals surface area (Å²) in [5.74, 6) is 0. The molecule has 0 spiro atoms. The molecule has 0 saturated carbocycles. The van der Waals surface area contributed by atoms with Crippen molar-refractivity contribution in [3.8, 4) is 0 Å². The van der Waals surface area contributed by atoms with E-state index in [9.17, 15) is 4.79 Å². The van der Waals surface area contributed by atoms with Gasteiger partial charge in [-0.25, -0.2) is 4.79 Å². The van der Waals surface area contributed by atoms with Gasteiger partial charge in [-0.1, -0.05) is 11.6 Å². The molecule has 0 atom stereocenters. The van der Waals surface area contributed by atoms with Gasteiger partial charge in [0.25, 0.3) is 0 Å². The van der Waals surface area contributed by atoms with E-state index in [1.165, 1.54) is 4.90 Å². The first-order valence-corrected chi connectivity index (χ1v) is 5.71. The summed E-state index contributed by atoms with van der Waals surface area (Å²) in [5.41, 5.74) is 0.154. The summed E-state index contributed by atoms with van der Waals surface area (Å²) in [4.78, 5) is 17.3. The number of amides is 1. The van der Waals surface area contributed by atoms with Crippen LogP contribution in [0.4, 0.5) is 4.79 Å². The number of pyridine rings is 1. The van der Waals surface area contributed by atoms with Crippen LogP contribution >= 0.6 is 11.6 Å². The molecule has 1 rings (SSSR count). The highest BCUT2D eigenvalue weighted by atomic mass is 35.5. The maximum Gasteiger partial charge on any atom is 0.410 e. The SMILES string of the molecule is CN(Cc1ncccc1Cl)C(=O)OC(C)(C)C. The minimum atomic E-state index is -0.501. The molecule has 1 amide bonds. The average molecular weight is 257 g/mol. The second-order valence-corrected chi connectivity index (χ2v) is 5.18. The molecular weight excluding hydrogens is 240 g/mol. The second-order valence-electron chi connectivity index (χ2n) is 4.77. The van der Waals surface area contributed by atoms with Crippen molar-refractivity contribution >= 4 is 17.7 Å². The van der Waals surface area contributed by atoms with Gasteiger partial charge in [-0.2, -0.15) is 0 Å². The predicted molar refractivity (Wildman–Crippen MR) is 66.9 cm³/mol. The molecule has 0 radical (unpaired) electrons. The van der Waals surface area contributed by atoms with E-state index in [1.54, 1.807) is 25.4 Å². The van der Waals surface area contributed by atoms with Crippen LogP contribution in [0.25, 0.3) is 0 Å². The number of nitrogens with zero attached hydrogens (tertiary/aromatic N) is 2. The fourth-order valence-corrected chi connectivity index (χ4v) is 1.35.